The third-order valence-electron chi connectivity index (χ3n) is 6.63. The van der Waals surface area contributed by atoms with Crippen LogP contribution in [0.1, 0.15) is 31.7 Å². The van der Waals surface area contributed by atoms with E-state index < -0.39 is 16.1 Å². The first-order valence-corrected chi connectivity index (χ1v) is 12.8. The Kier molecular flexibility index (Phi) is 5.62. The third-order valence-corrected chi connectivity index (χ3v) is 8.49. The van der Waals surface area contributed by atoms with Crippen LogP contribution < -0.4 is 15.0 Å². The molecule has 174 valence electrons. The number of amides is 2. The molecule has 0 spiro atoms. The molecule has 2 aromatic rings. The van der Waals surface area contributed by atoms with Crippen molar-refractivity contribution in [2.24, 2.45) is 5.92 Å². The lowest BCUT2D eigenvalue weighted by atomic mass is 9.95. The van der Waals surface area contributed by atoms with Crippen LogP contribution in [0, 0.1) is 5.92 Å². The van der Waals surface area contributed by atoms with Crippen LogP contribution in [0.5, 0.6) is 5.75 Å². The second-order valence-electron chi connectivity index (χ2n) is 8.83. The third kappa shape index (κ3) is 4.00. The molecule has 1 fully saturated rings. The largest absolute Gasteiger partial charge is 0.479 e. The van der Waals surface area contributed by atoms with Gasteiger partial charge in [0.2, 0.25) is 15.9 Å². The van der Waals surface area contributed by atoms with Gasteiger partial charge in [-0.3, -0.25) is 9.59 Å². The fraction of sp³-hybridized carbons (Fsp3) is 0.417. The molecule has 0 unspecified atom stereocenters. The van der Waals surface area contributed by atoms with E-state index in [2.05, 4.69) is 5.32 Å². The molecule has 2 amide bonds. The number of aryl methyl sites for hydroxylation is 1. The maximum absolute atomic E-state index is 13.4. The van der Waals surface area contributed by atoms with Gasteiger partial charge < -0.3 is 15.0 Å². The van der Waals surface area contributed by atoms with Gasteiger partial charge in [-0.1, -0.05) is 18.2 Å². The highest BCUT2D eigenvalue weighted by atomic mass is 32.2. The van der Waals surface area contributed by atoms with E-state index in [1.807, 2.05) is 29.2 Å². The first-order valence-electron chi connectivity index (χ1n) is 11.4. The number of ether oxygens (including phenoxy) is 1. The van der Waals surface area contributed by atoms with Crippen LogP contribution in [0.25, 0.3) is 0 Å². The summed E-state index contributed by atoms with van der Waals surface area (Å²) in [7, 11) is -3.83. The van der Waals surface area contributed by atoms with Crippen LogP contribution in [-0.2, 0) is 26.0 Å². The Bertz CT molecular complexity index is 1210. The van der Waals surface area contributed by atoms with Crippen molar-refractivity contribution in [3.05, 3.63) is 48.0 Å². The molecule has 0 bridgehead atoms. The van der Waals surface area contributed by atoms with Crippen LogP contribution in [0.3, 0.4) is 0 Å². The molecule has 0 aromatic heterocycles. The Morgan fingerprint density at radius 1 is 1.12 bits per heavy atom. The molecule has 3 aliphatic heterocycles. The molecule has 2 atom stereocenters. The molecule has 3 heterocycles. The van der Waals surface area contributed by atoms with Crippen molar-refractivity contribution in [3.8, 4) is 5.75 Å². The Labute approximate surface area is 193 Å². The van der Waals surface area contributed by atoms with Gasteiger partial charge in [0, 0.05) is 25.3 Å². The van der Waals surface area contributed by atoms with Crippen molar-refractivity contribution in [1.29, 1.82) is 0 Å². The summed E-state index contributed by atoms with van der Waals surface area (Å²) in [6.07, 6.45) is 2.50. The van der Waals surface area contributed by atoms with Gasteiger partial charge in [0.05, 0.1) is 16.5 Å². The van der Waals surface area contributed by atoms with Crippen molar-refractivity contribution in [3.63, 3.8) is 0 Å². The highest BCUT2D eigenvalue weighted by molar-refractivity contribution is 7.89. The Morgan fingerprint density at radius 3 is 2.79 bits per heavy atom. The average molecular weight is 470 g/mol. The first kappa shape index (κ1) is 21.9. The second-order valence-corrected chi connectivity index (χ2v) is 10.8. The van der Waals surface area contributed by atoms with Crippen molar-refractivity contribution >= 4 is 33.2 Å². The fourth-order valence-electron chi connectivity index (χ4n) is 4.84. The highest BCUT2D eigenvalue weighted by Crippen LogP contribution is 2.35. The van der Waals surface area contributed by atoms with Gasteiger partial charge in [-0.05, 0) is 62.4 Å². The van der Waals surface area contributed by atoms with Crippen molar-refractivity contribution < 1.29 is 22.7 Å². The number of para-hydroxylation sites is 1. The predicted octanol–water partition coefficient (Wildman–Crippen LogP) is 2.79. The van der Waals surface area contributed by atoms with E-state index in [1.165, 1.54) is 16.4 Å². The molecular weight excluding hydrogens is 442 g/mol. The van der Waals surface area contributed by atoms with Crippen molar-refractivity contribution in [2.75, 3.05) is 29.9 Å². The summed E-state index contributed by atoms with van der Waals surface area (Å²) in [4.78, 5) is 27.3. The maximum Gasteiger partial charge on any atom is 0.265 e. The van der Waals surface area contributed by atoms with E-state index in [1.54, 1.807) is 13.0 Å². The van der Waals surface area contributed by atoms with Gasteiger partial charge in [0.15, 0.2) is 6.10 Å². The van der Waals surface area contributed by atoms with Gasteiger partial charge in [0.1, 0.15) is 5.75 Å². The Morgan fingerprint density at radius 2 is 1.94 bits per heavy atom. The van der Waals surface area contributed by atoms with E-state index in [0.717, 1.165) is 24.1 Å². The number of piperidine rings is 1. The maximum atomic E-state index is 13.4. The molecule has 1 N–H and O–H groups in total. The van der Waals surface area contributed by atoms with E-state index in [4.69, 9.17) is 4.74 Å². The van der Waals surface area contributed by atoms with Gasteiger partial charge in [-0.15, -0.1) is 0 Å². The zero-order chi connectivity index (χ0) is 23.2. The molecule has 9 heteroatoms. The lowest BCUT2D eigenvalue weighted by molar-refractivity contribution is -0.124. The lowest BCUT2D eigenvalue weighted by Gasteiger charge is -2.36. The van der Waals surface area contributed by atoms with Crippen LogP contribution >= 0.6 is 0 Å². The number of carbonyl (C=O) groups excluding carboxylic acids is 2. The minimum atomic E-state index is -3.83. The summed E-state index contributed by atoms with van der Waals surface area (Å²) in [5.41, 5.74) is 2.44. The molecule has 2 aromatic carbocycles. The number of benzene rings is 2. The van der Waals surface area contributed by atoms with Crippen LogP contribution in [0.15, 0.2) is 47.4 Å². The van der Waals surface area contributed by atoms with E-state index >= 15 is 0 Å². The summed E-state index contributed by atoms with van der Waals surface area (Å²) in [6, 6.07) is 12.4. The molecule has 1 saturated heterocycles. The van der Waals surface area contributed by atoms with E-state index in [0.29, 0.717) is 37.4 Å². The Balaban J connectivity index is 1.36. The number of nitrogens with one attached hydrogen (secondary N) is 1. The normalized spacial score (nSPS) is 23.2. The zero-order valence-corrected chi connectivity index (χ0v) is 19.3. The van der Waals surface area contributed by atoms with Crippen LogP contribution in [-0.4, -0.2) is 50.3 Å². The molecular formula is C24H27N3O5S. The van der Waals surface area contributed by atoms with Crippen molar-refractivity contribution in [2.45, 2.75) is 43.6 Å². The minimum absolute atomic E-state index is 0.0119. The quantitative estimate of drug-likeness (QED) is 0.746. The first-order chi connectivity index (χ1) is 15.8. The molecule has 3 aliphatic rings. The molecule has 5 rings (SSSR count). The Hall–Kier alpha value is -2.91. The lowest BCUT2D eigenvalue weighted by Crippen LogP contribution is -2.48. The molecule has 0 aliphatic carbocycles. The van der Waals surface area contributed by atoms with Gasteiger partial charge >= 0.3 is 0 Å². The topological polar surface area (TPSA) is 96.0 Å². The highest BCUT2D eigenvalue weighted by Gasteiger charge is 2.37. The number of carbonyl (C=O) groups is 2. The van der Waals surface area contributed by atoms with Gasteiger partial charge in [-0.25, -0.2) is 8.42 Å². The summed E-state index contributed by atoms with van der Waals surface area (Å²) >= 11 is 0. The zero-order valence-electron chi connectivity index (χ0n) is 18.5. The summed E-state index contributed by atoms with van der Waals surface area (Å²) in [6.45, 7) is 2.80. The summed E-state index contributed by atoms with van der Waals surface area (Å²) < 4.78 is 33.7. The minimum Gasteiger partial charge on any atom is -0.479 e. The van der Waals surface area contributed by atoms with E-state index in [-0.39, 0.29) is 29.2 Å². The van der Waals surface area contributed by atoms with E-state index in [9.17, 15) is 18.0 Å². The summed E-state index contributed by atoms with van der Waals surface area (Å²) in [5.74, 6) is -0.276. The fourth-order valence-corrected chi connectivity index (χ4v) is 6.39. The smallest absolute Gasteiger partial charge is 0.265 e. The number of hydrogen-bond donors (Lipinski definition) is 1. The molecule has 0 saturated carbocycles. The number of rotatable bonds is 3. The van der Waals surface area contributed by atoms with Gasteiger partial charge in [0.25, 0.3) is 5.91 Å². The standard InChI is InChI=1S/C24H27N3O5S/c1-16-23(28)25-20-14-19(10-11-22(20)32-16)33(30,31)26-12-4-8-18(15-26)24(29)27-13-5-7-17-6-2-3-9-21(17)27/h2-3,6,9-11,14,16,18H,4-5,7-8,12-13,15H2,1H3,(H,25,28)/t16-,18-/m0/s1. The van der Waals surface area contributed by atoms with Crippen molar-refractivity contribution in [1.82, 2.24) is 4.31 Å². The van der Waals surface area contributed by atoms with Crippen LogP contribution in [0.4, 0.5) is 11.4 Å². The van der Waals surface area contributed by atoms with Gasteiger partial charge in [-0.2, -0.15) is 4.31 Å². The average Bonchev–Trinajstić information content (AvgIpc) is 2.83. The number of fused-ring (bicyclic) bond motifs is 2. The molecule has 0 radical (unpaired) electrons. The second kappa shape index (κ2) is 8.46. The molecule has 8 nitrogen and oxygen atoms in total. The number of hydrogen-bond acceptors (Lipinski definition) is 5. The summed E-state index contributed by atoms with van der Waals surface area (Å²) in [5, 5.41) is 2.70. The SMILES string of the molecule is C[C@@H]1Oc2ccc(S(=O)(=O)N3CCC[C@H](C(=O)N4CCCc5ccccc54)C3)cc2NC1=O. The number of anilines is 2. The number of sulfonamides is 1. The molecule has 33 heavy (non-hydrogen) atoms. The monoisotopic (exact) mass is 469 g/mol. The predicted molar refractivity (Wildman–Crippen MR) is 124 cm³/mol. The van der Waals surface area contributed by atoms with Crippen LogP contribution in [0.2, 0.25) is 0 Å². The number of nitrogens with zero attached hydrogens (tertiary/aromatic N) is 2.